The molecular formula is C12H16N2O4. The number of nitrogens with zero attached hydrogens (tertiary/aromatic N) is 2. The fraction of sp³-hybridized carbons (Fsp3) is 0.417. The number of nitro benzene ring substituents is 1. The standard InChI is InChI=1S/C12H16N2O4/c1-3-13(8-9(2)12(15)16)10-5-4-6-11(7-10)14(17)18/h4-7,9H,3,8H2,1-2H3,(H,15,16). The van der Waals surface area contributed by atoms with E-state index < -0.39 is 16.8 Å². The lowest BCUT2D eigenvalue weighted by molar-refractivity contribution is -0.384. The summed E-state index contributed by atoms with van der Waals surface area (Å²) in [4.78, 5) is 22.9. The van der Waals surface area contributed by atoms with Crippen molar-refractivity contribution in [3.63, 3.8) is 0 Å². The normalized spacial score (nSPS) is 11.9. The Morgan fingerprint density at radius 3 is 2.72 bits per heavy atom. The third kappa shape index (κ3) is 3.44. The SMILES string of the molecule is CCN(CC(C)C(=O)O)c1cccc([N+](=O)[O-])c1. The molecule has 1 atom stereocenters. The molecule has 0 amide bonds. The maximum atomic E-state index is 10.8. The van der Waals surface area contributed by atoms with Gasteiger partial charge < -0.3 is 10.0 Å². The van der Waals surface area contributed by atoms with Crippen LogP contribution in [0.25, 0.3) is 0 Å². The third-order valence-electron chi connectivity index (χ3n) is 2.70. The van der Waals surface area contributed by atoms with E-state index in [2.05, 4.69) is 0 Å². The predicted octanol–water partition coefficient (Wildman–Crippen LogP) is 2.14. The molecule has 98 valence electrons. The molecule has 1 aromatic carbocycles. The lowest BCUT2D eigenvalue weighted by Crippen LogP contribution is -2.31. The summed E-state index contributed by atoms with van der Waals surface area (Å²) in [6.45, 7) is 4.42. The Bertz CT molecular complexity index is 447. The first-order valence-corrected chi connectivity index (χ1v) is 5.68. The Morgan fingerprint density at radius 2 is 2.22 bits per heavy atom. The molecule has 0 saturated heterocycles. The lowest BCUT2D eigenvalue weighted by Gasteiger charge is -2.24. The number of aliphatic carboxylic acids is 1. The van der Waals surface area contributed by atoms with Crippen LogP contribution in [0.5, 0.6) is 0 Å². The number of hydrogen-bond acceptors (Lipinski definition) is 4. The third-order valence-corrected chi connectivity index (χ3v) is 2.70. The van der Waals surface area contributed by atoms with Crippen molar-refractivity contribution in [2.45, 2.75) is 13.8 Å². The van der Waals surface area contributed by atoms with Crippen LogP contribution in [-0.2, 0) is 4.79 Å². The highest BCUT2D eigenvalue weighted by molar-refractivity contribution is 5.70. The quantitative estimate of drug-likeness (QED) is 0.619. The van der Waals surface area contributed by atoms with Crippen LogP contribution in [0.15, 0.2) is 24.3 Å². The van der Waals surface area contributed by atoms with E-state index in [1.807, 2.05) is 11.8 Å². The van der Waals surface area contributed by atoms with Crippen molar-refractivity contribution in [1.29, 1.82) is 0 Å². The van der Waals surface area contributed by atoms with Gasteiger partial charge in [-0.3, -0.25) is 14.9 Å². The summed E-state index contributed by atoms with van der Waals surface area (Å²) >= 11 is 0. The minimum atomic E-state index is -0.876. The molecule has 0 saturated carbocycles. The van der Waals surface area contributed by atoms with Crippen molar-refractivity contribution in [2.24, 2.45) is 5.92 Å². The maximum Gasteiger partial charge on any atom is 0.308 e. The number of carboxylic acids is 1. The smallest absolute Gasteiger partial charge is 0.308 e. The van der Waals surface area contributed by atoms with Crippen molar-refractivity contribution in [3.8, 4) is 0 Å². The van der Waals surface area contributed by atoms with E-state index in [9.17, 15) is 14.9 Å². The van der Waals surface area contributed by atoms with E-state index in [1.165, 1.54) is 12.1 Å². The van der Waals surface area contributed by atoms with Gasteiger partial charge >= 0.3 is 5.97 Å². The molecule has 6 nitrogen and oxygen atoms in total. The van der Waals surface area contributed by atoms with E-state index in [-0.39, 0.29) is 5.69 Å². The fourth-order valence-electron chi connectivity index (χ4n) is 1.63. The van der Waals surface area contributed by atoms with Gasteiger partial charge in [-0.05, 0) is 13.0 Å². The summed E-state index contributed by atoms with van der Waals surface area (Å²) in [5.41, 5.74) is 0.675. The molecule has 1 unspecified atom stereocenters. The zero-order valence-electron chi connectivity index (χ0n) is 10.4. The molecule has 1 aromatic rings. The Balaban J connectivity index is 2.91. The molecule has 0 fully saturated rings. The minimum Gasteiger partial charge on any atom is -0.481 e. The largest absolute Gasteiger partial charge is 0.481 e. The van der Waals surface area contributed by atoms with Crippen LogP contribution >= 0.6 is 0 Å². The number of rotatable bonds is 6. The first kappa shape index (κ1) is 14.0. The van der Waals surface area contributed by atoms with Crippen LogP contribution < -0.4 is 4.90 Å². The average molecular weight is 252 g/mol. The van der Waals surface area contributed by atoms with Crippen LogP contribution in [0.1, 0.15) is 13.8 Å². The molecule has 0 bridgehead atoms. The summed E-state index contributed by atoms with van der Waals surface area (Å²) in [6, 6.07) is 6.21. The number of hydrogen-bond donors (Lipinski definition) is 1. The van der Waals surface area contributed by atoms with Crippen molar-refractivity contribution >= 4 is 17.3 Å². The van der Waals surface area contributed by atoms with E-state index >= 15 is 0 Å². The van der Waals surface area contributed by atoms with Gasteiger partial charge in [0.15, 0.2) is 0 Å². The van der Waals surface area contributed by atoms with Crippen LogP contribution in [-0.4, -0.2) is 29.1 Å². The van der Waals surface area contributed by atoms with E-state index in [4.69, 9.17) is 5.11 Å². The van der Waals surface area contributed by atoms with Gasteiger partial charge in [-0.1, -0.05) is 13.0 Å². The fourth-order valence-corrected chi connectivity index (χ4v) is 1.63. The molecule has 0 aliphatic carbocycles. The number of carboxylic acid groups (broad SMARTS) is 1. The maximum absolute atomic E-state index is 10.8. The summed E-state index contributed by atoms with van der Waals surface area (Å²) in [5, 5.41) is 19.6. The molecule has 0 radical (unpaired) electrons. The van der Waals surface area contributed by atoms with Gasteiger partial charge in [-0.2, -0.15) is 0 Å². The summed E-state index contributed by atoms with van der Waals surface area (Å²) < 4.78 is 0. The van der Waals surface area contributed by atoms with Crippen LogP contribution in [0.2, 0.25) is 0 Å². The molecule has 18 heavy (non-hydrogen) atoms. The van der Waals surface area contributed by atoms with Gasteiger partial charge in [0.05, 0.1) is 10.8 Å². The van der Waals surface area contributed by atoms with Crippen LogP contribution in [0.4, 0.5) is 11.4 Å². The number of carbonyl (C=O) groups is 1. The summed E-state index contributed by atoms with van der Waals surface area (Å²) in [7, 11) is 0. The molecule has 0 aliphatic rings. The Hall–Kier alpha value is -2.11. The van der Waals surface area contributed by atoms with Gasteiger partial charge in [-0.25, -0.2) is 0 Å². The zero-order valence-corrected chi connectivity index (χ0v) is 10.4. The van der Waals surface area contributed by atoms with E-state index in [0.29, 0.717) is 18.8 Å². The van der Waals surface area contributed by atoms with Gasteiger partial charge in [0, 0.05) is 30.9 Å². The topological polar surface area (TPSA) is 83.7 Å². The van der Waals surface area contributed by atoms with Crippen LogP contribution in [0, 0.1) is 16.0 Å². The molecule has 0 heterocycles. The van der Waals surface area contributed by atoms with Gasteiger partial charge in [0.1, 0.15) is 0 Å². The Labute approximate surface area is 105 Å². The monoisotopic (exact) mass is 252 g/mol. The zero-order chi connectivity index (χ0) is 13.7. The summed E-state index contributed by atoms with van der Waals surface area (Å²) in [6.07, 6.45) is 0. The van der Waals surface area contributed by atoms with Gasteiger partial charge in [0.25, 0.3) is 5.69 Å². The molecule has 0 aromatic heterocycles. The second-order valence-electron chi connectivity index (χ2n) is 4.05. The van der Waals surface area contributed by atoms with Crippen molar-refractivity contribution < 1.29 is 14.8 Å². The Morgan fingerprint density at radius 1 is 1.56 bits per heavy atom. The second kappa shape index (κ2) is 6.00. The number of nitro groups is 1. The second-order valence-corrected chi connectivity index (χ2v) is 4.05. The number of benzene rings is 1. The molecule has 0 spiro atoms. The minimum absolute atomic E-state index is 0.00827. The van der Waals surface area contributed by atoms with E-state index in [1.54, 1.807) is 19.1 Å². The number of anilines is 1. The van der Waals surface area contributed by atoms with Crippen LogP contribution in [0.3, 0.4) is 0 Å². The average Bonchev–Trinajstić information content (AvgIpc) is 2.35. The highest BCUT2D eigenvalue weighted by Crippen LogP contribution is 2.21. The highest BCUT2D eigenvalue weighted by atomic mass is 16.6. The summed E-state index contributed by atoms with van der Waals surface area (Å²) in [5.74, 6) is -1.40. The predicted molar refractivity (Wildman–Crippen MR) is 67.8 cm³/mol. The van der Waals surface area contributed by atoms with Crippen molar-refractivity contribution in [1.82, 2.24) is 0 Å². The first-order chi connectivity index (χ1) is 8.45. The highest BCUT2D eigenvalue weighted by Gasteiger charge is 2.17. The molecular weight excluding hydrogens is 236 g/mol. The Kier molecular flexibility index (Phi) is 4.65. The van der Waals surface area contributed by atoms with Crippen molar-refractivity contribution in [2.75, 3.05) is 18.0 Å². The molecule has 0 aliphatic heterocycles. The molecule has 1 rings (SSSR count). The molecule has 1 N–H and O–H groups in total. The lowest BCUT2D eigenvalue weighted by atomic mass is 10.1. The van der Waals surface area contributed by atoms with Crippen molar-refractivity contribution in [3.05, 3.63) is 34.4 Å². The van der Waals surface area contributed by atoms with Gasteiger partial charge in [0.2, 0.25) is 0 Å². The first-order valence-electron chi connectivity index (χ1n) is 5.68. The van der Waals surface area contributed by atoms with Gasteiger partial charge in [-0.15, -0.1) is 0 Å². The van der Waals surface area contributed by atoms with E-state index in [0.717, 1.165) is 0 Å². The number of non-ortho nitro benzene ring substituents is 1. The molecule has 6 heteroatoms.